The average molecular weight is 361 g/mol. The third kappa shape index (κ3) is 7.53. The van der Waals surface area contributed by atoms with Crippen molar-refractivity contribution in [3.05, 3.63) is 40.4 Å². The standard InChI is InChI=1S/C14H14Cl2N2O5/c1-8(2)12(19)22-3-4-23-14(21)18-13(20)17-11-6-9(15)5-10(16)7-11/h5-7H,1,3-4H2,2H3,(H2,17,18,20,21). The summed E-state index contributed by atoms with van der Waals surface area (Å²) in [5, 5.41) is 4.94. The molecule has 0 aliphatic rings. The van der Waals surface area contributed by atoms with Crippen LogP contribution >= 0.6 is 23.2 Å². The summed E-state index contributed by atoms with van der Waals surface area (Å²) in [6.07, 6.45) is -0.998. The molecule has 0 unspecified atom stereocenters. The number of ether oxygens (including phenoxy) is 2. The second kappa shape index (κ2) is 9.02. The number of carbonyl (C=O) groups excluding carboxylic acids is 3. The molecule has 0 radical (unpaired) electrons. The maximum atomic E-state index is 11.6. The quantitative estimate of drug-likeness (QED) is 0.476. The fourth-order valence-corrected chi connectivity index (χ4v) is 1.84. The van der Waals surface area contributed by atoms with E-state index in [2.05, 4.69) is 16.6 Å². The van der Waals surface area contributed by atoms with Crippen LogP contribution in [0, 0.1) is 0 Å². The molecule has 9 heteroatoms. The first kappa shape index (κ1) is 18.8. The summed E-state index contributed by atoms with van der Waals surface area (Å²) in [6.45, 7) is 4.53. The van der Waals surface area contributed by atoms with Crippen LogP contribution in [0.1, 0.15) is 6.92 Å². The Bertz CT molecular complexity index is 613. The van der Waals surface area contributed by atoms with E-state index in [1.165, 1.54) is 25.1 Å². The van der Waals surface area contributed by atoms with E-state index in [0.29, 0.717) is 15.7 Å². The number of anilines is 1. The van der Waals surface area contributed by atoms with Gasteiger partial charge in [-0.25, -0.2) is 19.7 Å². The lowest BCUT2D eigenvalue weighted by molar-refractivity contribution is -0.139. The van der Waals surface area contributed by atoms with Gasteiger partial charge in [0.25, 0.3) is 0 Å². The zero-order chi connectivity index (χ0) is 17.4. The molecule has 0 saturated heterocycles. The van der Waals surface area contributed by atoms with Crippen LogP contribution < -0.4 is 10.6 Å². The molecule has 0 fully saturated rings. The zero-order valence-electron chi connectivity index (χ0n) is 12.2. The number of halogens is 2. The van der Waals surface area contributed by atoms with Crippen molar-refractivity contribution in [2.24, 2.45) is 0 Å². The number of nitrogens with one attached hydrogen (secondary N) is 2. The van der Waals surface area contributed by atoms with E-state index in [-0.39, 0.29) is 18.8 Å². The molecule has 0 atom stereocenters. The first-order valence-corrected chi connectivity index (χ1v) is 7.07. The summed E-state index contributed by atoms with van der Waals surface area (Å²) in [4.78, 5) is 34.0. The third-order valence-corrected chi connectivity index (χ3v) is 2.67. The molecule has 0 aromatic heterocycles. The van der Waals surface area contributed by atoms with Crippen molar-refractivity contribution in [3.8, 4) is 0 Å². The molecule has 0 aliphatic heterocycles. The Balaban J connectivity index is 2.32. The maximum Gasteiger partial charge on any atom is 0.415 e. The molecular formula is C14H14Cl2N2O5. The molecule has 7 nitrogen and oxygen atoms in total. The molecule has 124 valence electrons. The molecule has 1 rings (SSSR count). The summed E-state index contributed by atoms with van der Waals surface area (Å²) in [7, 11) is 0. The normalized spacial score (nSPS) is 9.70. The minimum atomic E-state index is -0.998. The summed E-state index contributed by atoms with van der Waals surface area (Å²) in [6, 6.07) is 3.57. The Hall–Kier alpha value is -2.25. The van der Waals surface area contributed by atoms with Gasteiger partial charge in [-0.2, -0.15) is 0 Å². The van der Waals surface area contributed by atoms with E-state index in [1.54, 1.807) is 0 Å². The van der Waals surface area contributed by atoms with Crippen LogP contribution in [0.4, 0.5) is 15.3 Å². The van der Waals surface area contributed by atoms with E-state index in [0.717, 1.165) is 0 Å². The van der Waals surface area contributed by atoms with Crippen molar-refractivity contribution >= 4 is 47.0 Å². The number of carbonyl (C=O) groups is 3. The highest BCUT2D eigenvalue weighted by Crippen LogP contribution is 2.22. The van der Waals surface area contributed by atoms with E-state index in [1.807, 2.05) is 5.32 Å². The lowest BCUT2D eigenvalue weighted by Crippen LogP contribution is -2.35. The highest BCUT2D eigenvalue weighted by molar-refractivity contribution is 6.35. The van der Waals surface area contributed by atoms with Gasteiger partial charge in [-0.05, 0) is 25.1 Å². The van der Waals surface area contributed by atoms with Gasteiger partial charge in [0.05, 0.1) is 0 Å². The third-order valence-electron chi connectivity index (χ3n) is 2.23. The Kier molecular flexibility index (Phi) is 7.37. The number of urea groups is 1. The second-order valence-electron chi connectivity index (χ2n) is 4.29. The fraction of sp³-hybridized carbons (Fsp3) is 0.214. The van der Waals surface area contributed by atoms with Crippen molar-refractivity contribution in [1.29, 1.82) is 0 Å². The number of rotatable bonds is 5. The SMILES string of the molecule is C=C(C)C(=O)OCCOC(=O)NC(=O)Nc1cc(Cl)cc(Cl)c1. The Morgan fingerprint density at radius 2 is 1.65 bits per heavy atom. The molecule has 0 saturated carbocycles. The highest BCUT2D eigenvalue weighted by Gasteiger charge is 2.10. The summed E-state index contributed by atoms with van der Waals surface area (Å²) in [5.74, 6) is -0.593. The fourth-order valence-electron chi connectivity index (χ4n) is 1.31. The number of hydrogen-bond donors (Lipinski definition) is 2. The van der Waals surface area contributed by atoms with Crippen molar-refractivity contribution in [2.45, 2.75) is 6.92 Å². The number of hydrogen-bond acceptors (Lipinski definition) is 5. The Labute approximate surface area is 142 Å². The summed E-state index contributed by atoms with van der Waals surface area (Å²) < 4.78 is 9.37. The van der Waals surface area contributed by atoms with Crippen LogP contribution in [-0.4, -0.2) is 31.3 Å². The lowest BCUT2D eigenvalue weighted by atomic mass is 10.3. The molecule has 1 aromatic rings. The van der Waals surface area contributed by atoms with Crippen molar-refractivity contribution in [1.82, 2.24) is 5.32 Å². The number of alkyl carbamates (subject to hydrolysis) is 1. The van der Waals surface area contributed by atoms with Gasteiger partial charge >= 0.3 is 18.1 Å². The molecule has 0 aliphatic carbocycles. The van der Waals surface area contributed by atoms with Gasteiger partial charge in [0, 0.05) is 21.3 Å². The van der Waals surface area contributed by atoms with Gasteiger partial charge in [-0.1, -0.05) is 29.8 Å². The van der Waals surface area contributed by atoms with Crippen molar-refractivity contribution < 1.29 is 23.9 Å². The predicted octanol–water partition coefficient (Wildman–Crippen LogP) is 3.37. The Morgan fingerprint density at radius 3 is 2.22 bits per heavy atom. The van der Waals surface area contributed by atoms with Crippen LogP contribution in [0.15, 0.2) is 30.4 Å². The largest absolute Gasteiger partial charge is 0.459 e. The molecule has 1 aromatic carbocycles. The summed E-state index contributed by atoms with van der Waals surface area (Å²) >= 11 is 11.6. The van der Waals surface area contributed by atoms with Crippen LogP contribution in [0.3, 0.4) is 0 Å². The van der Waals surface area contributed by atoms with Crippen molar-refractivity contribution in [3.63, 3.8) is 0 Å². The molecule has 0 spiro atoms. The Morgan fingerprint density at radius 1 is 1.09 bits per heavy atom. The van der Waals surface area contributed by atoms with Crippen LogP contribution in [0.2, 0.25) is 10.0 Å². The molecule has 0 bridgehead atoms. The van der Waals surface area contributed by atoms with E-state index < -0.39 is 18.1 Å². The minimum absolute atomic E-state index is 0.148. The summed E-state index contributed by atoms with van der Waals surface area (Å²) in [5.41, 5.74) is 0.539. The smallest absolute Gasteiger partial charge is 0.415 e. The number of imide groups is 1. The second-order valence-corrected chi connectivity index (χ2v) is 5.16. The van der Waals surface area contributed by atoms with E-state index >= 15 is 0 Å². The van der Waals surface area contributed by atoms with Gasteiger partial charge in [-0.15, -0.1) is 0 Å². The monoisotopic (exact) mass is 360 g/mol. The topological polar surface area (TPSA) is 93.7 Å². The maximum absolute atomic E-state index is 11.6. The molecular weight excluding hydrogens is 347 g/mol. The van der Waals surface area contributed by atoms with Crippen molar-refractivity contribution in [2.75, 3.05) is 18.5 Å². The van der Waals surface area contributed by atoms with Crippen LogP contribution in [0.5, 0.6) is 0 Å². The lowest BCUT2D eigenvalue weighted by Gasteiger charge is -2.09. The van der Waals surface area contributed by atoms with Gasteiger partial charge in [-0.3, -0.25) is 0 Å². The average Bonchev–Trinajstić information content (AvgIpc) is 2.41. The van der Waals surface area contributed by atoms with Gasteiger partial charge in [0.15, 0.2) is 0 Å². The number of amides is 3. The highest BCUT2D eigenvalue weighted by atomic mass is 35.5. The molecule has 3 amide bonds. The molecule has 2 N–H and O–H groups in total. The number of benzene rings is 1. The number of esters is 1. The van der Waals surface area contributed by atoms with Crippen LogP contribution in [-0.2, 0) is 14.3 Å². The van der Waals surface area contributed by atoms with Gasteiger partial charge in [0.1, 0.15) is 13.2 Å². The molecule has 0 heterocycles. The minimum Gasteiger partial charge on any atom is -0.459 e. The van der Waals surface area contributed by atoms with Crippen LogP contribution in [0.25, 0.3) is 0 Å². The first-order chi connectivity index (χ1) is 10.8. The molecule has 23 heavy (non-hydrogen) atoms. The van der Waals surface area contributed by atoms with Gasteiger partial charge in [0.2, 0.25) is 0 Å². The first-order valence-electron chi connectivity index (χ1n) is 6.31. The van der Waals surface area contributed by atoms with Gasteiger partial charge < -0.3 is 14.8 Å². The van der Waals surface area contributed by atoms with E-state index in [4.69, 9.17) is 27.9 Å². The predicted molar refractivity (Wildman–Crippen MR) is 85.7 cm³/mol. The van der Waals surface area contributed by atoms with E-state index in [9.17, 15) is 14.4 Å². The zero-order valence-corrected chi connectivity index (χ0v) is 13.7.